The molecule has 1 rings (SSSR count). The smallest absolute Gasteiger partial charge is 0.156 e. The maximum atomic E-state index is 10.9. The Morgan fingerprint density at radius 2 is 2.29 bits per heavy atom. The summed E-state index contributed by atoms with van der Waals surface area (Å²) in [7, 11) is 1.52. The predicted molar refractivity (Wildman–Crippen MR) is 63.5 cm³/mol. The van der Waals surface area contributed by atoms with E-state index in [-0.39, 0.29) is 30.0 Å². The zero-order valence-corrected chi connectivity index (χ0v) is 10.4. The molecule has 94 valence electrons. The fourth-order valence-electron chi connectivity index (χ4n) is 1.30. The SMILES string of the molecule is COCC(CO)Nc1nc(C)nc(Cl)c1C=O. The van der Waals surface area contributed by atoms with E-state index < -0.39 is 0 Å². The van der Waals surface area contributed by atoms with E-state index in [0.717, 1.165) is 0 Å². The van der Waals surface area contributed by atoms with E-state index in [1.807, 2.05) is 0 Å². The maximum absolute atomic E-state index is 10.9. The minimum Gasteiger partial charge on any atom is -0.394 e. The molecule has 1 heterocycles. The average Bonchev–Trinajstić information content (AvgIpc) is 2.28. The zero-order chi connectivity index (χ0) is 12.8. The zero-order valence-electron chi connectivity index (χ0n) is 9.61. The molecule has 0 bridgehead atoms. The minimum atomic E-state index is -0.357. The fourth-order valence-corrected chi connectivity index (χ4v) is 1.55. The van der Waals surface area contributed by atoms with Crippen LogP contribution in [-0.2, 0) is 4.74 Å². The van der Waals surface area contributed by atoms with Crippen LogP contribution in [0.25, 0.3) is 0 Å². The molecule has 1 aromatic heterocycles. The number of nitrogens with one attached hydrogen (secondary N) is 1. The lowest BCUT2D eigenvalue weighted by Gasteiger charge is -2.17. The van der Waals surface area contributed by atoms with Crippen molar-refractivity contribution >= 4 is 23.7 Å². The number of aliphatic hydroxyl groups is 1. The van der Waals surface area contributed by atoms with Crippen molar-refractivity contribution < 1.29 is 14.6 Å². The number of methoxy groups -OCH3 is 1. The van der Waals surface area contributed by atoms with Crippen LogP contribution in [0.1, 0.15) is 16.2 Å². The summed E-state index contributed by atoms with van der Waals surface area (Å²) >= 11 is 5.82. The summed E-state index contributed by atoms with van der Waals surface area (Å²) in [4.78, 5) is 18.8. The third-order valence-electron chi connectivity index (χ3n) is 2.06. The topological polar surface area (TPSA) is 84.3 Å². The van der Waals surface area contributed by atoms with Gasteiger partial charge in [0.15, 0.2) is 6.29 Å². The Hall–Kier alpha value is -1.24. The van der Waals surface area contributed by atoms with Crippen LogP contribution in [0.15, 0.2) is 0 Å². The Morgan fingerprint density at radius 1 is 1.59 bits per heavy atom. The predicted octanol–water partition coefficient (Wildman–Crippen LogP) is 0.670. The van der Waals surface area contributed by atoms with Gasteiger partial charge in [-0.05, 0) is 6.92 Å². The first-order valence-electron chi connectivity index (χ1n) is 4.98. The molecule has 7 heteroatoms. The first-order chi connectivity index (χ1) is 8.12. The number of hydrogen-bond acceptors (Lipinski definition) is 6. The van der Waals surface area contributed by atoms with Crippen LogP contribution in [0, 0.1) is 6.92 Å². The van der Waals surface area contributed by atoms with Crippen molar-refractivity contribution in [1.82, 2.24) is 9.97 Å². The number of rotatable bonds is 6. The molecule has 0 aliphatic heterocycles. The number of nitrogens with zero attached hydrogens (tertiary/aromatic N) is 2. The number of aldehydes is 1. The Morgan fingerprint density at radius 3 is 2.82 bits per heavy atom. The van der Waals surface area contributed by atoms with E-state index in [1.165, 1.54) is 7.11 Å². The van der Waals surface area contributed by atoms with Crippen molar-refractivity contribution in [2.24, 2.45) is 0 Å². The number of aromatic nitrogens is 2. The molecule has 1 unspecified atom stereocenters. The lowest BCUT2D eigenvalue weighted by atomic mass is 10.3. The fraction of sp³-hybridized carbons (Fsp3) is 0.500. The number of hydrogen-bond donors (Lipinski definition) is 2. The number of aliphatic hydroxyl groups excluding tert-OH is 1. The van der Waals surface area contributed by atoms with Gasteiger partial charge >= 0.3 is 0 Å². The van der Waals surface area contributed by atoms with Crippen molar-refractivity contribution in [3.63, 3.8) is 0 Å². The molecular weight excluding hydrogens is 246 g/mol. The van der Waals surface area contributed by atoms with Crippen LogP contribution in [0.5, 0.6) is 0 Å². The van der Waals surface area contributed by atoms with Gasteiger partial charge in [0.25, 0.3) is 0 Å². The van der Waals surface area contributed by atoms with Crippen LogP contribution in [0.4, 0.5) is 5.82 Å². The monoisotopic (exact) mass is 259 g/mol. The molecule has 0 fully saturated rings. The molecule has 0 aromatic carbocycles. The van der Waals surface area contributed by atoms with Gasteiger partial charge in [-0.25, -0.2) is 9.97 Å². The second-order valence-electron chi connectivity index (χ2n) is 3.42. The van der Waals surface area contributed by atoms with Gasteiger partial charge in [0.1, 0.15) is 16.8 Å². The van der Waals surface area contributed by atoms with Crippen molar-refractivity contribution in [2.75, 3.05) is 25.6 Å². The van der Waals surface area contributed by atoms with Crippen molar-refractivity contribution in [3.8, 4) is 0 Å². The molecule has 0 amide bonds. The molecule has 0 radical (unpaired) electrons. The lowest BCUT2D eigenvalue weighted by Crippen LogP contribution is -2.30. The first-order valence-corrected chi connectivity index (χ1v) is 5.35. The van der Waals surface area contributed by atoms with Crippen LogP contribution in [-0.4, -0.2) is 47.7 Å². The summed E-state index contributed by atoms with van der Waals surface area (Å²) in [5, 5.41) is 12.1. The molecule has 0 spiro atoms. The highest BCUT2D eigenvalue weighted by atomic mass is 35.5. The molecule has 2 N–H and O–H groups in total. The molecule has 17 heavy (non-hydrogen) atoms. The minimum absolute atomic E-state index is 0.0871. The molecule has 0 aliphatic carbocycles. The maximum Gasteiger partial charge on any atom is 0.156 e. The second kappa shape index (κ2) is 6.48. The Balaban J connectivity index is 2.99. The normalized spacial score (nSPS) is 12.2. The number of carbonyl (C=O) groups is 1. The quantitative estimate of drug-likeness (QED) is 0.577. The van der Waals surface area contributed by atoms with Gasteiger partial charge in [-0.1, -0.05) is 11.6 Å². The number of anilines is 1. The van der Waals surface area contributed by atoms with Crippen LogP contribution < -0.4 is 5.32 Å². The standard InChI is InChI=1S/C10H14ClN3O3/c1-6-12-9(11)8(4-16)10(13-6)14-7(3-15)5-17-2/h4,7,15H,3,5H2,1-2H3,(H,12,13,14). The largest absolute Gasteiger partial charge is 0.394 e. The average molecular weight is 260 g/mol. The number of carbonyl (C=O) groups excluding carboxylic acids is 1. The van der Waals surface area contributed by atoms with Crippen LogP contribution in [0.3, 0.4) is 0 Å². The van der Waals surface area contributed by atoms with Gasteiger partial charge in [-0.2, -0.15) is 0 Å². The van der Waals surface area contributed by atoms with Crippen molar-refractivity contribution in [1.29, 1.82) is 0 Å². The van der Waals surface area contributed by atoms with Gasteiger partial charge in [0.05, 0.1) is 24.8 Å². The van der Waals surface area contributed by atoms with E-state index in [1.54, 1.807) is 6.92 Å². The highest BCUT2D eigenvalue weighted by molar-refractivity contribution is 6.32. The van der Waals surface area contributed by atoms with E-state index in [4.69, 9.17) is 21.4 Å². The van der Waals surface area contributed by atoms with E-state index in [9.17, 15) is 4.79 Å². The summed E-state index contributed by atoms with van der Waals surface area (Å²) in [6, 6.07) is -0.357. The van der Waals surface area contributed by atoms with Gasteiger partial charge in [0.2, 0.25) is 0 Å². The highest BCUT2D eigenvalue weighted by Crippen LogP contribution is 2.19. The van der Waals surface area contributed by atoms with E-state index in [0.29, 0.717) is 17.9 Å². The molecule has 1 atom stereocenters. The molecule has 1 aromatic rings. The van der Waals surface area contributed by atoms with E-state index >= 15 is 0 Å². The van der Waals surface area contributed by atoms with Gasteiger partial charge in [0, 0.05) is 7.11 Å². The van der Waals surface area contributed by atoms with Gasteiger partial charge < -0.3 is 15.2 Å². The molecule has 0 saturated heterocycles. The summed E-state index contributed by atoms with van der Waals surface area (Å²) in [6.45, 7) is 1.80. The highest BCUT2D eigenvalue weighted by Gasteiger charge is 2.14. The summed E-state index contributed by atoms with van der Waals surface area (Å²) in [6.07, 6.45) is 0.575. The summed E-state index contributed by atoms with van der Waals surface area (Å²) in [5.74, 6) is 0.741. The number of halogens is 1. The Kier molecular flexibility index (Phi) is 5.27. The second-order valence-corrected chi connectivity index (χ2v) is 3.78. The summed E-state index contributed by atoms with van der Waals surface area (Å²) in [5.41, 5.74) is 0.173. The number of ether oxygens (including phenoxy) is 1. The Labute approximate surface area is 104 Å². The van der Waals surface area contributed by atoms with Crippen molar-refractivity contribution in [2.45, 2.75) is 13.0 Å². The summed E-state index contributed by atoms with van der Waals surface area (Å²) < 4.78 is 4.91. The van der Waals surface area contributed by atoms with Crippen LogP contribution >= 0.6 is 11.6 Å². The number of aryl methyl sites for hydroxylation is 1. The third kappa shape index (κ3) is 3.62. The van der Waals surface area contributed by atoms with Crippen molar-refractivity contribution in [3.05, 3.63) is 16.5 Å². The van der Waals surface area contributed by atoms with Gasteiger partial charge in [-0.15, -0.1) is 0 Å². The first kappa shape index (κ1) is 13.8. The lowest BCUT2D eigenvalue weighted by molar-refractivity contribution is 0.112. The molecule has 0 aliphatic rings. The Bertz CT molecular complexity index is 401. The van der Waals surface area contributed by atoms with Gasteiger partial charge in [-0.3, -0.25) is 4.79 Å². The van der Waals surface area contributed by atoms with Crippen LogP contribution in [0.2, 0.25) is 5.15 Å². The van der Waals surface area contributed by atoms with E-state index in [2.05, 4.69) is 15.3 Å². The molecule has 0 saturated carbocycles. The third-order valence-corrected chi connectivity index (χ3v) is 2.35. The molecular formula is C10H14ClN3O3. The molecule has 6 nitrogen and oxygen atoms in total.